The Bertz CT molecular complexity index is 511. The summed E-state index contributed by atoms with van der Waals surface area (Å²) < 4.78 is 0.595. The smallest absolute Gasteiger partial charge is 0.288 e. The molecule has 2 atom stereocenters. The molecule has 2 rings (SSSR count). The van der Waals surface area contributed by atoms with Crippen molar-refractivity contribution in [2.75, 3.05) is 11.9 Å². The number of nitrogens with zero attached hydrogens (tertiary/aromatic N) is 2. The van der Waals surface area contributed by atoms with Gasteiger partial charge in [0.2, 0.25) is 0 Å². The van der Waals surface area contributed by atoms with Gasteiger partial charge in [0.25, 0.3) is 5.69 Å². The van der Waals surface area contributed by atoms with Crippen LogP contribution >= 0.6 is 15.9 Å². The van der Waals surface area contributed by atoms with Gasteiger partial charge >= 0.3 is 0 Å². The Morgan fingerprint density at radius 3 is 2.95 bits per heavy atom. The molecule has 6 nitrogen and oxygen atoms in total. The minimum absolute atomic E-state index is 0.0269. The molecule has 1 aromatic rings. The molecule has 1 saturated carbocycles. The van der Waals surface area contributed by atoms with Gasteiger partial charge in [-0.05, 0) is 34.7 Å². The zero-order valence-electron chi connectivity index (χ0n) is 11.4. The number of anilines is 1. The van der Waals surface area contributed by atoms with Crippen LogP contribution in [0.1, 0.15) is 32.6 Å². The first-order valence-electron chi connectivity index (χ1n) is 6.77. The zero-order valence-corrected chi connectivity index (χ0v) is 13.0. The van der Waals surface area contributed by atoms with E-state index in [1.165, 1.54) is 18.7 Å². The Kier molecular flexibility index (Phi) is 4.59. The van der Waals surface area contributed by atoms with Gasteiger partial charge in [0.15, 0.2) is 0 Å². The fourth-order valence-electron chi connectivity index (χ4n) is 2.81. The molecular weight excluding hydrogens is 324 g/mol. The van der Waals surface area contributed by atoms with Gasteiger partial charge in [-0.1, -0.05) is 19.8 Å². The van der Waals surface area contributed by atoms with Gasteiger partial charge in [-0.15, -0.1) is 0 Å². The number of hydrogen-bond acceptors (Lipinski definition) is 5. The molecule has 7 heteroatoms. The standard InChI is InChI=1S/C13H19BrN4O2/c1-9-4-2-3-5-13(9,8-15)17-12-11(14)6-10(7-16-12)18(19)20/h6-7,9H,2-5,8,15H2,1H3,(H,16,17). The molecule has 0 bridgehead atoms. The van der Waals surface area contributed by atoms with Crippen molar-refractivity contribution < 1.29 is 4.92 Å². The average Bonchev–Trinajstić information content (AvgIpc) is 2.43. The number of rotatable bonds is 4. The molecule has 0 aromatic carbocycles. The maximum absolute atomic E-state index is 10.7. The molecule has 0 saturated heterocycles. The third-order valence-electron chi connectivity index (χ3n) is 4.22. The van der Waals surface area contributed by atoms with Crippen LogP contribution in [0.3, 0.4) is 0 Å². The van der Waals surface area contributed by atoms with E-state index >= 15 is 0 Å². The van der Waals surface area contributed by atoms with E-state index in [4.69, 9.17) is 5.73 Å². The van der Waals surface area contributed by atoms with Crippen molar-refractivity contribution in [3.05, 3.63) is 26.9 Å². The molecule has 0 radical (unpaired) electrons. The van der Waals surface area contributed by atoms with Crippen molar-refractivity contribution in [1.29, 1.82) is 0 Å². The minimum atomic E-state index is -0.455. The highest BCUT2D eigenvalue weighted by Crippen LogP contribution is 2.37. The third-order valence-corrected chi connectivity index (χ3v) is 4.83. The number of hydrogen-bond donors (Lipinski definition) is 2. The van der Waals surface area contributed by atoms with Gasteiger partial charge in [0.1, 0.15) is 12.0 Å². The number of aromatic nitrogens is 1. The Hall–Kier alpha value is -1.21. The van der Waals surface area contributed by atoms with Crippen LogP contribution < -0.4 is 11.1 Å². The van der Waals surface area contributed by atoms with Crippen LogP contribution in [0.15, 0.2) is 16.7 Å². The molecule has 1 aliphatic carbocycles. The number of pyridine rings is 1. The van der Waals surface area contributed by atoms with E-state index in [0.717, 1.165) is 19.3 Å². The van der Waals surface area contributed by atoms with Crippen LogP contribution in [0.2, 0.25) is 0 Å². The Balaban J connectivity index is 2.25. The molecule has 1 aromatic heterocycles. The summed E-state index contributed by atoms with van der Waals surface area (Å²) in [6.45, 7) is 2.72. The predicted octanol–water partition coefficient (Wildman–Crippen LogP) is 3.07. The monoisotopic (exact) mass is 342 g/mol. The molecular formula is C13H19BrN4O2. The summed E-state index contributed by atoms with van der Waals surface area (Å²) in [5.41, 5.74) is 5.79. The highest BCUT2D eigenvalue weighted by molar-refractivity contribution is 9.10. The lowest BCUT2D eigenvalue weighted by Crippen LogP contribution is -2.52. The predicted molar refractivity (Wildman–Crippen MR) is 81.6 cm³/mol. The molecule has 2 unspecified atom stereocenters. The lowest BCUT2D eigenvalue weighted by Gasteiger charge is -2.43. The van der Waals surface area contributed by atoms with Crippen molar-refractivity contribution in [3.63, 3.8) is 0 Å². The molecule has 0 aliphatic heterocycles. The largest absolute Gasteiger partial charge is 0.362 e. The second-order valence-electron chi connectivity index (χ2n) is 5.41. The van der Waals surface area contributed by atoms with E-state index in [9.17, 15) is 10.1 Å². The first-order valence-corrected chi connectivity index (χ1v) is 7.56. The lowest BCUT2D eigenvalue weighted by molar-refractivity contribution is -0.385. The fraction of sp³-hybridized carbons (Fsp3) is 0.615. The van der Waals surface area contributed by atoms with Gasteiger partial charge < -0.3 is 11.1 Å². The van der Waals surface area contributed by atoms with Gasteiger partial charge in [0.05, 0.1) is 14.9 Å². The molecule has 1 fully saturated rings. The van der Waals surface area contributed by atoms with Crippen molar-refractivity contribution >= 4 is 27.4 Å². The van der Waals surface area contributed by atoms with E-state index in [1.54, 1.807) is 0 Å². The highest BCUT2D eigenvalue weighted by atomic mass is 79.9. The topological polar surface area (TPSA) is 94.1 Å². The van der Waals surface area contributed by atoms with E-state index in [-0.39, 0.29) is 11.2 Å². The quantitative estimate of drug-likeness (QED) is 0.647. The molecule has 1 heterocycles. The summed E-state index contributed by atoms with van der Waals surface area (Å²) in [5, 5.41) is 14.2. The Labute approximate surface area is 126 Å². The minimum Gasteiger partial charge on any atom is -0.362 e. The highest BCUT2D eigenvalue weighted by Gasteiger charge is 2.37. The van der Waals surface area contributed by atoms with Crippen LogP contribution in [-0.4, -0.2) is 22.0 Å². The van der Waals surface area contributed by atoms with Crippen molar-refractivity contribution in [2.45, 2.75) is 38.1 Å². The SMILES string of the molecule is CC1CCCCC1(CN)Nc1ncc([N+](=O)[O-])cc1Br. The Morgan fingerprint density at radius 2 is 2.40 bits per heavy atom. The van der Waals surface area contributed by atoms with Crippen LogP contribution in [0, 0.1) is 16.0 Å². The number of halogens is 1. The maximum Gasteiger partial charge on any atom is 0.288 e. The van der Waals surface area contributed by atoms with E-state index in [0.29, 0.717) is 22.8 Å². The second-order valence-corrected chi connectivity index (χ2v) is 6.27. The van der Waals surface area contributed by atoms with Crippen LogP contribution in [0.4, 0.5) is 11.5 Å². The summed E-state index contributed by atoms with van der Waals surface area (Å²) in [6.07, 6.45) is 5.76. The summed E-state index contributed by atoms with van der Waals surface area (Å²) in [5.74, 6) is 1.07. The molecule has 20 heavy (non-hydrogen) atoms. The summed E-state index contributed by atoms with van der Waals surface area (Å²) in [7, 11) is 0. The molecule has 0 spiro atoms. The normalized spacial score (nSPS) is 26.2. The summed E-state index contributed by atoms with van der Waals surface area (Å²) in [4.78, 5) is 14.4. The van der Waals surface area contributed by atoms with Crippen LogP contribution in [-0.2, 0) is 0 Å². The Morgan fingerprint density at radius 1 is 1.65 bits per heavy atom. The molecule has 0 amide bonds. The van der Waals surface area contributed by atoms with Crippen LogP contribution in [0.5, 0.6) is 0 Å². The van der Waals surface area contributed by atoms with Gasteiger partial charge in [-0.3, -0.25) is 10.1 Å². The zero-order chi connectivity index (χ0) is 14.8. The van der Waals surface area contributed by atoms with Gasteiger partial charge in [-0.2, -0.15) is 0 Å². The van der Waals surface area contributed by atoms with E-state index in [2.05, 4.69) is 33.2 Å². The lowest BCUT2D eigenvalue weighted by atomic mass is 9.73. The fourth-order valence-corrected chi connectivity index (χ4v) is 3.25. The van der Waals surface area contributed by atoms with Crippen molar-refractivity contribution in [3.8, 4) is 0 Å². The summed E-state index contributed by atoms with van der Waals surface area (Å²) in [6, 6.07) is 1.47. The summed E-state index contributed by atoms with van der Waals surface area (Å²) >= 11 is 3.35. The van der Waals surface area contributed by atoms with Gasteiger partial charge in [-0.25, -0.2) is 4.98 Å². The van der Waals surface area contributed by atoms with Gasteiger partial charge in [0, 0.05) is 12.6 Å². The first-order chi connectivity index (χ1) is 9.48. The molecule has 3 N–H and O–H groups in total. The van der Waals surface area contributed by atoms with Crippen molar-refractivity contribution in [1.82, 2.24) is 4.98 Å². The van der Waals surface area contributed by atoms with E-state index < -0.39 is 4.92 Å². The molecule has 1 aliphatic rings. The first kappa shape index (κ1) is 15.2. The third kappa shape index (κ3) is 2.93. The number of nitrogens with two attached hydrogens (primary N) is 1. The van der Waals surface area contributed by atoms with Crippen LogP contribution in [0.25, 0.3) is 0 Å². The average molecular weight is 343 g/mol. The maximum atomic E-state index is 10.7. The second kappa shape index (κ2) is 6.05. The number of nitrogens with one attached hydrogen (secondary N) is 1. The van der Waals surface area contributed by atoms with E-state index in [1.807, 2.05) is 0 Å². The number of nitro groups is 1. The molecule has 110 valence electrons. The van der Waals surface area contributed by atoms with Crippen molar-refractivity contribution in [2.24, 2.45) is 11.7 Å².